The van der Waals surface area contributed by atoms with Gasteiger partial charge in [-0.05, 0) is 17.7 Å². The van der Waals surface area contributed by atoms with Crippen LogP contribution in [0.4, 0.5) is 5.69 Å². The maximum Gasteiger partial charge on any atom is 0.262 e. The molecule has 0 bridgehead atoms. The number of rotatable bonds is 5. The van der Waals surface area contributed by atoms with E-state index in [1.54, 1.807) is 18.2 Å². The van der Waals surface area contributed by atoms with Crippen molar-refractivity contribution in [2.24, 2.45) is 5.92 Å². The van der Waals surface area contributed by atoms with Gasteiger partial charge in [-0.15, -0.1) is 0 Å². The third kappa shape index (κ3) is 3.55. The van der Waals surface area contributed by atoms with Gasteiger partial charge in [-0.3, -0.25) is 14.5 Å². The number of anilines is 1. The molecular weight excluding hydrogens is 330 g/mol. The largest absolute Gasteiger partial charge is 0.482 e. The highest BCUT2D eigenvalue weighted by atomic mass is 16.5. The van der Waals surface area contributed by atoms with Gasteiger partial charge in [-0.1, -0.05) is 36.4 Å². The van der Waals surface area contributed by atoms with E-state index in [4.69, 9.17) is 4.74 Å². The average molecular weight is 351 g/mol. The molecule has 0 aromatic heterocycles. The second kappa shape index (κ2) is 7.17. The zero-order chi connectivity index (χ0) is 17.9. The van der Waals surface area contributed by atoms with Crippen LogP contribution in [-0.4, -0.2) is 43.0 Å². The van der Waals surface area contributed by atoms with E-state index < -0.39 is 0 Å². The first-order valence-corrected chi connectivity index (χ1v) is 8.79. The second-order valence-corrected chi connectivity index (χ2v) is 6.77. The molecule has 2 amide bonds. The first-order chi connectivity index (χ1) is 12.7. The highest BCUT2D eigenvalue weighted by molar-refractivity contribution is 6.06. The van der Waals surface area contributed by atoms with E-state index in [-0.39, 0.29) is 18.4 Å². The summed E-state index contributed by atoms with van der Waals surface area (Å²) >= 11 is 0. The van der Waals surface area contributed by atoms with E-state index >= 15 is 0 Å². The average Bonchev–Trinajstić information content (AvgIpc) is 2.63. The van der Waals surface area contributed by atoms with E-state index in [1.807, 2.05) is 6.07 Å². The maximum absolute atomic E-state index is 12.5. The minimum atomic E-state index is -0.242. The van der Waals surface area contributed by atoms with Crippen molar-refractivity contribution in [1.82, 2.24) is 10.2 Å². The molecule has 6 nitrogen and oxygen atoms in total. The first kappa shape index (κ1) is 16.6. The Morgan fingerprint density at radius 3 is 2.77 bits per heavy atom. The van der Waals surface area contributed by atoms with Crippen molar-refractivity contribution in [3.63, 3.8) is 0 Å². The number of carbonyl (C=O) groups is 2. The first-order valence-electron chi connectivity index (χ1n) is 8.79. The van der Waals surface area contributed by atoms with Gasteiger partial charge in [0.2, 0.25) is 0 Å². The Kier molecular flexibility index (Phi) is 4.58. The Balaban J connectivity index is 1.29. The fourth-order valence-electron chi connectivity index (χ4n) is 3.40. The molecule has 6 heteroatoms. The Bertz CT molecular complexity index is 816. The SMILES string of the molecule is O=C1COc2cccc(C(=O)NCC3CN(Cc4ccccc4)C3)c2N1. The van der Waals surface area contributed by atoms with Crippen molar-refractivity contribution in [1.29, 1.82) is 0 Å². The standard InChI is InChI=1S/C20H21N3O3/c24-18-13-26-17-8-4-7-16(19(17)22-18)20(25)21-9-15-11-23(12-15)10-14-5-2-1-3-6-14/h1-8,15H,9-13H2,(H,21,25)(H,22,24). The summed E-state index contributed by atoms with van der Waals surface area (Å²) in [5.74, 6) is 0.561. The van der Waals surface area contributed by atoms with Crippen molar-refractivity contribution >= 4 is 17.5 Å². The van der Waals surface area contributed by atoms with Gasteiger partial charge in [-0.25, -0.2) is 0 Å². The smallest absolute Gasteiger partial charge is 0.262 e. The number of carbonyl (C=O) groups excluding carboxylic acids is 2. The molecule has 2 aromatic rings. The summed E-state index contributed by atoms with van der Waals surface area (Å²) in [6, 6.07) is 15.6. The Morgan fingerprint density at radius 1 is 1.15 bits per heavy atom. The lowest BCUT2D eigenvalue weighted by molar-refractivity contribution is -0.118. The number of likely N-dealkylation sites (tertiary alicyclic amines) is 1. The fourth-order valence-corrected chi connectivity index (χ4v) is 3.40. The summed E-state index contributed by atoms with van der Waals surface area (Å²) in [6.45, 7) is 3.50. The van der Waals surface area contributed by atoms with Crippen LogP contribution in [-0.2, 0) is 11.3 Å². The topological polar surface area (TPSA) is 70.7 Å². The molecule has 26 heavy (non-hydrogen) atoms. The maximum atomic E-state index is 12.5. The van der Waals surface area contributed by atoms with E-state index in [0.29, 0.717) is 29.5 Å². The molecule has 134 valence electrons. The van der Waals surface area contributed by atoms with Crippen molar-refractivity contribution < 1.29 is 14.3 Å². The molecule has 2 heterocycles. The van der Waals surface area contributed by atoms with Gasteiger partial charge >= 0.3 is 0 Å². The molecule has 0 spiro atoms. The third-order valence-corrected chi connectivity index (χ3v) is 4.73. The van der Waals surface area contributed by atoms with Gasteiger partial charge in [-0.2, -0.15) is 0 Å². The molecule has 2 aromatic carbocycles. The van der Waals surface area contributed by atoms with E-state index in [0.717, 1.165) is 19.6 Å². The van der Waals surface area contributed by atoms with Crippen molar-refractivity contribution in [3.8, 4) is 5.75 Å². The molecule has 0 atom stereocenters. The van der Waals surface area contributed by atoms with E-state index in [1.165, 1.54) is 5.56 Å². The summed E-state index contributed by atoms with van der Waals surface area (Å²) in [7, 11) is 0. The Morgan fingerprint density at radius 2 is 1.96 bits per heavy atom. The third-order valence-electron chi connectivity index (χ3n) is 4.73. The van der Waals surface area contributed by atoms with Crippen LogP contribution in [0.25, 0.3) is 0 Å². The van der Waals surface area contributed by atoms with Gasteiger partial charge in [0, 0.05) is 32.1 Å². The van der Waals surface area contributed by atoms with Gasteiger partial charge in [0.1, 0.15) is 5.75 Å². The summed E-state index contributed by atoms with van der Waals surface area (Å²) in [6.07, 6.45) is 0. The predicted octanol–water partition coefficient (Wildman–Crippen LogP) is 1.88. The summed E-state index contributed by atoms with van der Waals surface area (Å²) in [5, 5.41) is 5.70. The van der Waals surface area contributed by atoms with Crippen LogP contribution in [0.15, 0.2) is 48.5 Å². The van der Waals surface area contributed by atoms with Gasteiger partial charge in [0.05, 0.1) is 11.3 Å². The molecule has 1 saturated heterocycles. The molecule has 2 aliphatic heterocycles. The highest BCUT2D eigenvalue weighted by Crippen LogP contribution is 2.31. The number of amides is 2. The van der Waals surface area contributed by atoms with Gasteiger partial charge < -0.3 is 15.4 Å². The molecule has 0 unspecified atom stereocenters. The molecule has 1 fully saturated rings. The van der Waals surface area contributed by atoms with Crippen LogP contribution in [0.3, 0.4) is 0 Å². The van der Waals surface area contributed by atoms with Crippen molar-refractivity contribution in [2.75, 3.05) is 31.6 Å². The Labute approximate surface area is 152 Å². The van der Waals surface area contributed by atoms with Crippen molar-refractivity contribution in [2.45, 2.75) is 6.54 Å². The van der Waals surface area contributed by atoms with Gasteiger partial charge in [0.25, 0.3) is 11.8 Å². The second-order valence-electron chi connectivity index (χ2n) is 6.77. The number of nitrogens with one attached hydrogen (secondary N) is 2. The fraction of sp³-hybridized carbons (Fsp3) is 0.300. The minimum Gasteiger partial charge on any atom is -0.482 e. The lowest BCUT2D eigenvalue weighted by Crippen LogP contribution is -2.50. The minimum absolute atomic E-state index is 0.0165. The zero-order valence-corrected chi connectivity index (χ0v) is 14.4. The quantitative estimate of drug-likeness (QED) is 0.863. The predicted molar refractivity (Wildman–Crippen MR) is 98.1 cm³/mol. The van der Waals surface area contributed by atoms with Crippen LogP contribution in [0.1, 0.15) is 15.9 Å². The molecule has 0 radical (unpaired) electrons. The van der Waals surface area contributed by atoms with E-state index in [9.17, 15) is 9.59 Å². The number of hydrogen-bond acceptors (Lipinski definition) is 4. The number of benzene rings is 2. The van der Waals surface area contributed by atoms with Crippen LogP contribution in [0.5, 0.6) is 5.75 Å². The van der Waals surface area contributed by atoms with Gasteiger partial charge in [0.15, 0.2) is 6.61 Å². The van der Waals surface area contributed by atoms with Crippen LogP contribution >= 0.6 is 0 Å². The molecule has 2 aliphatic rings. The zero-order valence-electron chi connectivity index (χ0n) is 14.4. The molecule has 2 N–H and O–H groups in total. The number of hydrogen-bond donors (Lipinski definition) is 2. The number of fused-ring (bicyclic) bond motifs is 1. The number of para-hydroxylation sites is 1. The molecule has 0 aliphatic carbocycles. The number of ether oxygens (including phenoxy) is 1. The van der Waals surface area contributed by atoms with Crippen LogP contribution < -0.4 is 15.4 Å². The van der Waals surface area contributed by atoms with Crippen LogP contribution in [0, 0.1) is 5.92 Å². The lowest BCUT2D eigenvalue weighted by atomic mass is 9.99. The van der Waals surface area contributed by atoms with E-state index in [2.05, 4.69) is 39.8 Å². The summed E-state index contributed by atoms with van der Waals surface area (Å²) in [5.41, 5.74) is 2.21. The number of nitrogens with zero attached hydrogens (tertiary/aromatic N) is 1. The molecular formula is C20H21N3O3. The lowest BCUT2D eigenvalue weighted by Gasteiger charge is -2.39. The summed E-state index contributed by atoms with van der Waals surface area (Å²) < 4.78 is 5.36. The molecule has 0 saturated carbocycles. The van der Waals surface area contributed by atoms with Crippen molar-refractivity contribution in [3.05, 3.63) is 59.7 Å². The Hall–Kier alpha value is -2.86. The normalized spacial score (nSPS) is 16.8. The van der Waals surface area contributed by atoms with Crippen LogP contribution in [0.2, 0.25) is 0 Å². The summed E-state index contributed by atoms with van der Waals surface area (Å²) in [4.78, 5) is 26.4. The monoisotopic (exact) mass is 351 g/mol. The highest BCUT2D eigenvalue weighted by Gasteiger charge is 2.28. The molecule has 4 rings (SSSR count).